The van der Waals surface area contributed by atoms with Gasteiger partial charge in [-0.2, -0.15) is 5.10 Å². The van der Waals surface area contributed by atoms with Gasteiger partial charge in [0.25, 0.3) is 0 Å². The van der Waals surface area contributed by atoms with Crippen LogP contribution in [0.4, 0.5) is 10.2 Å². The molecule has 1 aromatic carbocycles. The highest BCUT2D eigenvalue weighted by atomic mass is 19.1. The Morgan fingerprint density at radius 1 is 1.15 bits per heavy atom. The average Bonchev–Trinajstić information content (AvgIpc) is 3.51. The van der Waals surface area contributed by atoms with Gasteiger partial charge in [0.15, 0.2) is 11.6 Å². The number of aliphatic hydroxyl groups is 1. The number of halogens is 1. The minimum absolute atomic E-state index is 0.0424. The number of ether oxygens (including phenoxy) is 1. The smallest absolute Gasteiger partial charge is 0.166 e. The van der Waals surface area contributed by atoms with E-state index in [0.717, 1.165) is 11.4 Å². The second kappa shape index (κ2) is 9.16. The van der Waals surface area contributed by atoms with E-state index in [1.54, 1.807) is 41.5 Å². The molecule has 1 aliphatic rings. The number of aliphatic hydroxyl groups excluding tert-OH is 1. The first-order chi connectivity index (χ1) is 16.6. The Labute approximate surface area is 195 Å². The van der Waals surface area contributed by atoms with Gasteiger partial charge in [0.05, 0.1) is 30.7 Å². The average molecular weight is 462 g/mol. The summed E-state index contributed by atoms with van der Waals surface area (Å²) < 4.78 is 21.5. The molecule has 3 N–H and O–H groups in total. The highest BCUT2D eigenvalue weighted by molar-refractivity contribution is 5.68. The SMILES string of the molecule is COc1cccc(F)c1-c1nccc(-c2cnn(-c3cccc(N4C[C@H](O)C[C@H]4CN)n3)c2)n1. The molecule has 9 nitrogen and oxygen atoms in total. The lowest BCUT2D eigenvalue weighted by atomic mass is 10.1. The Morgan fingerprint density at radius 3 is 2.79 bits per heavy atom. The van der Waals surface area contributed by atoms with Crippen molar-refractivity contribution < 1.29 is 14.2 Å². The number of benzene rings is 1. The van der Waals surface area contributed by atoms with Crippen LogP contribution in [0.5, 0.6) is 5.75 Å². The van der Waals surface area contributed by atoms with E-state index in [1.165, 1.54) is 13.2 Å². The van der Waals surface area contributed by atoms with Gasteiger partial charge in [-0.05, 0) is 36.8 Å². The van der Waals surface area contributed by atoms with Gasteiger partial charge >= 0.3 is 0 Å². The summed E-state index contributed by atoms with van der Waals surface area (Å²) in [6.45, 7) is 0.934. The molecule has 10 heteroatoms. The normalized spacial score (nSPS) is 17.8. The maximum atomic E-state index is 14.5. The summed E-state index contributed by atoms with van der Waals surface area (Å²) in [5.74, 6) is 1.47. The Balaban J connectivity index is 1.45. The molecule has 0 unspecified atom stereocenters. The Morgan fingerprint density at radius 2 is 1.97 bits per heavy atom. The molecule has 174 valence electrons. The van der Waals surface area contributed by atoms with E-state index in [9.17, 15) is 9.50 Å². The maximum absolute atomic E-state index is 14.5. The summed E-state index contributed by atoms with van der Waals surface area (Å²) in [6.07, 6.45) is 5.25. The zero-order valence-electron chi connectivity index (χ0n) is 18.5. The fraction of sp³-hybridized carbons (Fsp3) is 0.250. The Hall–Kier alpha value is -3.89. The van der Waals surface area contributed by atoms with E-state index in [-0.39, 0.29) is 17.4 Å². The van der Waals surface area contributed by atoms with Crippen molar-refractivity contribution >= 4 is 5.82 Å². The minimum atomic E-state index is -0.462. The van der Waals surface area contributed by atoms with E-state index >= 15 is 0 Å². The number of anilines is 1. The van der Waals surface area contributed by atoms with Crippen LogP contribution in [-0.4, -0.2) is 62.2 Å². The van der Waals surface area contributed by atoms with Gasteiger partial charge in [-0.25, -0.2) is 24.0 Å². The molecule has 34 heavy (non-hydrogen) atoms. The maximum Gasteiger partial charge on any atom is 0.166 e. The molecule has 1 fully saturated rings. The predicted octanol–water partition coefficient (Wildman–Crippen LogP) is 2.44. The molecule has 0 bridgehead atoms. The number of β-amino-alcohol motifs (C(OH)–C–C–N with tert-alkyl or cyclic N) is 1. The summed E-state index contributed by atoms with van der Waals surface area (Å²) >= 11 is 0. The predicted molar refractivity (Wildman–Crippen MR) is 125 cm³/mol. The molecular weight excluding hydrogens is 437 g/mol. The van der Waals surface area contributed by atoms with Crippen LogP contribution < -0.4 is 15.4 Å². The minimum Gasteiger partial charge on any atom is -0.496 e. The van der Waals surface area contributed by atoms with Crippen molar-refractivity contribution in [1.29, 1.82) is 0 Å². The molecule has 2 atom stereocenters. The molecule has 1 aliphatic heterocycles. The van der Waals surface area contributed by atoms with E-state index in [1.807, 2.05) is 23.1 Å². The molecule has 3 aromatic heterocycles. The summed E-state index contributed by atoms with van der Waals surface area (Å²) in [7, 11) is 1.48. The Bertz CT molecular complexity index is 1310. The molecule has 4 aromatic rings. The van der Waals surface area contributed by atoms with Crippen molar-refractivity contribution in [2.24, 2.45) is 5.73 Å². The van der Waals surface area contributed by atoms with E-state index < -0.39 is 11.9 Å². The molecular formula is C24H24FN7O2. The quantitative estimate of drug-likeness (QED) is 0.450. The van der Waals surface area contributed by atoms with E-state index in [4.69, 9.17) is 15.5 Å². The highest BCUT2D eigenvalue weighted by Gasteiger charge is 2.30. The molecule has 4 heterocycles. The first kappa shape index (κ1) is 21.9. The fourth-order valence-electron chi connectivity index (χ4n) is 4.21. The van der Waals surface area contributed by atoms with Gasteiger partial charge in [0.1, 0.15) is 17.4 Å². The topological polar surface area (TPSA) is 115 Å². The largest absolute Gasteiger partial charge is 0.496 e. The zero-order valence-corrected chi connectivity index (χ0v) is 18.5. The van der Waals surface area contributed by atoms with Crippen molar-refractivity contribution in [3.05, 3.63) is 66.9 Å². The number of methoxy groups -OCH3 is 1. The molecule has 0 spiro atoms. The van der Waals surface area contributed by atoms with Crippen molar-refractivity contribution in [1.82, 2.24) is 24.7 Å². The number of rotatable bonds is 6. The van der Waals surface area contributed by atoms with Crippen LogP contribution in [0.15, 0.2) is 61.1 Å². The van der Waals surface area contributed by atoms with Crippen LogP contribution in [-0.2, 0) is 0 Å². The van der Waals surface area contributed by atoms with Crippen molar-refractivity contribution in [3.63, 3.8) is 0 Å². The summed E-state index contributed by atoms with van der Waals surface area (Å²) in [5, 5.41) is 14.5. The van der Waals surface area contributed by atoms with Crippen LogP contribution in [0.2, 0.25) is 0 Å². The molecule has 0 radical (unpaired) electrons. The zero-order chi connectivity index (χ0) is 23.7. The molecule has 0 aliphatic carbocycles. The standard InChI is InChI=1S/C24H24FN7O2/c1-34-20-5-2-4-18(25)23(20)24-27-9-8-19(29-24)15-12-28-32(13-15)22-7-3-6-21(30-22)31-14-17(33)10-16(31)11-26/h2-9,12-13,16-17,33H,10-11,14,26H2,1H3/t16-,17+/m0/s1. The third-order valence-electron chi connectivity index (χ3n) is 5.87. The second-order valence-electron chi connectivity index (χ2n) is 8.04. The van der Waals surface area contributed by atoms with Gasteiger partial charge in [-0.3, -0.25) is 0 Å². The van der Waals surface area contributed by atoms with Crippen molar-refractivity contribution in [2.75, 3.05) is 25.1 Å². The van der Waals surface area contributed by atoms with Crippen molar-refractivity contribution in [2.45, 2.75) is 18.6 Å². The van der Waals surface area contributed by atoms with Gasteiger partial charge in [-0.15, -0.1) is 0 Å². The van der Waals surface area contributed by atoms with Gasteiger partial charge in [-0.1, -0.05) is 12.1 Å². The lowest BCUT2D eigenvalue weighted by Crippen LogP contribution is -2.36. The lowest BCUT2D eigenvalue weighted by molar-refractivity contribution is 0.194. The first-order valence-electron chi connectivity index (χ1n) is 10.9. The van der Waals surface area contributed by atoms with Crippen LogP contribution >= 0.6 is 0 Å². The fourth-order valence-corrected chi connectivity index (χ4v) is 4.21. The third-order valence-corrected chi connectivity index (χ3v) is 5.87. The van der Waals surface area contributed by atoms with Gasteiger partial charge < -0.3 is 20.5 Å². The lowest BCUT2D eigenvalue weighted by Gasteiger charge is -2.24. The first-order valence-corrected chi connectivity index (χ1v) is 10.9. The molecule has 0 amide bonds. The van der Waals surface area contributed by atoms with Crippen molar-refractivity contribution in [3.8, 4) is 34.2 Å². The van der Waals surface area contributed by atoms with Crippen LogP contribution in [0.25, 0.3) is 28.5 Å². The second-order valence-corrected chi connectivity index (χ2v) is 8.04. The number of pyridine rings is 1. The number of hydrogen-bond donors (Lipinski definition) is 2. The van der Waals surface area contributed by atoms with Gasteiger partial charge in [0, 0.05) is 37.1 Å². The van der Waals surface area contributed by atoms with Crippen LogP contribution in [0, 0.1) is 5.82 Å². The van der Waals surface area contributed by atoms with E-state index in [2.05, 4.69) is 15.1 Å². The summed E-state index contributed by atoms with van der Waals surface area (Å²) in [6, 6.07) is 12.0. The summed E-state index contributed by atoms with van der Waals surface area (Å²) in [4.78, 5) is 15.5. The molecule has 5 rings (SSSR count). The van der Waals surface area contributed by atoms with Crippen LogP contribution in [0.1, 0.15) is 6.42 Å². The van der Waals surface area contributed by atoms with E-state index in [0.29, 0.717) is 36.8 Å². The Kier molecular flexibility index (Phi) is 5.91. The molecule has 0 saturated carbocycles. The number of aromatic nitrogens is 5. The number of hydrogen-bond acceptors (Lipinski definition) is 8. The number of nitrogens with zero attached hydrogens (tertiary/aromatic N) is 6. The third kappa shape index (κ3) is 4.09. The van der Waals surface area contributed by atoms with Gasteiger partial charge in [0.2, 0.25) is 0 Å². The summed E-state index contributed by atoms with van der Waals surface area (Å²) in [5.41, 5.74) is 7.40. The molecule has 1 saturated heterocycles. The van der Waals surface area contributed by atoms with Crippen LogP contribution in [0.3, 0.4) is 0 Å². The monoisotopic (exact) mass is 461 g/mol. The highest BCUT2D eigenvalue weighted by Crippen LogP contribution is 2.31. The number of nitrogens with two attached hydrogens (primary N) is 1.